The van der Waals surface area contributed by atoms with Gasteiger partial charge in [0.2, 0.25) is 5.91 Å². The van der Waals surface area contributed by atoms with Gasteiger partial charge in [-0.25, -0.2) is 0 Å². The summed E-state index contributed by atoms with van der Waals surface area (Å²) in [7, 11) is 3.54. The van der Waals surface area contributed by atoms with Crippen molar-refractivity contribution in [2.75, 3.05) is 20.7 Å². The second-order valence-corrected chi connectivity index (χ2v) is 6.66. The third kappa shape index (κ3) is 4.76. The molecule has 7 nitrogen and oxygen atoms in total. The second kappa shape index (κ2) is 8.25. The van der Waals surface area contributed by atoms with Gasteiger partial charge in [0.05, 0.1) is 12.6 Å². The lowest BCUT2D eigenvalue weighted by Gasteiger charge is -2.42. The van der Waals surface area contributed by atoms with Crippen molar-refractivity contribution >= 4 is 34.2 Å². The van der Waals surface area contributed by atoms with Crippen LogP contribution in [0.2, 0.25) is 0 Å². The Kier molecular flexibility index (Phi) is 7.31. The molecule has 4 N–H and O–H groups in total. The van der Waals surface area contributed by atoms with E-state index in [2.05, 4.69) is 5.32 Å². The maximum absolute atomic E-state index is 11.6. The van der Waals surface area contributed by atoms with Crippen LogP contribution < -0.4 is 5.32 Å². The highest BCUT2D eigenvalue weighted by Crippen LogP contribution is 2.30. The molecular weight excluding hydrogens is 316 g/mol. The summed E-state index contributed by atoms with van der Waals surface area (Å²) in [4.78, 5) is 13.3. The minimum absolute atomic E-state index is 0.248. The number of aliphatic hydroxyl groups is 3. The standard InChI is InChI=1S/C12H22N2O5S2/c1-4-7(16)13-8-10(18)9(17)6(5-15)19-11(8)21-12(20)14(2)3/h6,8-11,15,17-18H,4-5H2,1-3H3,(H,13,16)/t6-,8-,9-,10-,11+/m1/s1. The number of carbonyl (C=O) groups is 1. The maximum Gasteiger partial charge on any atom is 0.220 e. The second-order valence-electron chi connectivity index (χ2n) is 4.93. The molecule has 1 aliphatic rings. The molecule has 1 rings (SSSR count). The van der Waals surface area contributed by atoms with E-state index in [1.165, 1.54) is 0 Å². The van der Waals surface area contributed by atoms with Crippen molar-refractivity contribution in [1.82, 2.24) is 10.2 Å². The third-order valence-corrected chi connectivity index (χ3v) is 4.97. The van der Waals surface area contributed by atoms with Gasteiger partial charge in [0.25, 0.3) is 0 Å². The molecule has 21 heavy (non-hydrogen) atoms. The Morgan fingerprint density at radius 2 is 2.00 bits per heavy atom. The van der Waals surface area contributed by atoms with Crippen molar-refractivity contribution < 1.29 is 24.9 Å². The highest BCUT2D eigenvalue weighted by atomic mass is 32.2. The molecule has 0 aromatic carbocycles. The van der Waals surface area contributed by atoms with Gasteiger partial charge in [-0.2, -0.15) is 0 Å². The van der Waals surface area contributed by atoms with Crippen molar-refractivity contribution in [2.24, 2.45) is 0 Å². The fourth-order valence-corrected chi connectivity index (χ4v) is 3.10. The normalized spacial score (nSPS) is 32.6. The molecule has 0 aromatic heterocycles. The van der Waals surface area contributed by atoms with Gasteiger partial charge >= 0.3 is 0 Å². The lowest BCUT2D eigenvalue weighted by Crippen LogP contribution is -2.63. The van der Waals surface area contributed by atoms with Gasteiger partial charge in [-0.05, 0) is 0 Å². The summed E-state index contributed by atoms with van der Waals surface area (Å²) in [6.07, 6.45) is -3.19. The van der Waals surface area contributed by atoms with Crippen LogP contribution in [0.25, 0.3) is 0 Å². The van der Waals surface area contributed by atoms with E-state index in [0.717, 1.165) is 11.8 Å². The summed E-state index contributed by atoms with van der Waals surface area (Å²) in [6.45, 7) is 1.25. The average Bonchev–Trinajstić information content (AvgIpc) is 2.45. The first-order valence-electron chi connectivity index (χ1n) is 6.61. The molecule has 0 unspecified atom stereocenters. The van der Waals surface area contributed by atoms with Crippen LogP contribution in [0.5, 0.6) is 0 Å². The van der Waals surface area contributed by atoms with Crippen molar-refractivity contribution in [1.29, 1.82) is 0 Å². The van der Waals surface area contributed by atoms with Crippen LogP contribution in [0, 0.1) is 0 Å². The minimum atomic E-state index is -1.28. The summed E-state index contributed by atoms with van der Waals surface area (Å²) < 4.78 is 6.08. The molecule has 0 aliphatic carbocycles. The Balaban J connectivity index is 2.89. The van der Waals surface area contributed by atoms with Crippen LogP contribution in [0.15, 0.2) is 0 Å². The number of ether oxygens (including phenoxy) is 1. The Hall–Kier alpha value is -0.450. The quantitative estimate of drug-likeness (QED) is 0.479. The SMILES string of the molecule is CCC(=O)N[C@@H]1[C@@H](O)[C@H](O)[C@@H](CO)O[C@H]1SC(=S)N(C)C. The minimum Gasteiger partial charge on any atom is -0.394 e. The number of amides is 1. The predicted molar refractivity (Wildman–Crippen MR) is 83.9 cm³/mol. The maximum atomic E-state index is 11.6. The number of nitrogens with one attached hydrogen (secondary N) is 1. The van der Waals surface area contributed by atoms with Crippen molar-refractivity contribution in [3.63, 3.8) is 0 Å². The van der Waals surface area contributed by atoms with E-state index in [4.69, 9.17) is 17.0 Å². The van der Waals surface area contributed by atoms with Crippen LogP contribution in [0.1, 0.15) is 13.3 Å². The Morgan fingerprint density at radius 3 is 2.48 bits per heavy atom. The lowest BCUT2D eigenvalue weighted by molar-refractivity contribution is -0.173. The van der Waals surface area contributed by atoms with Gasteiger partial charge in [0.15, 0.2) is 0 Å². The molecule has 1 saturated heterocycles. The number of thiocarbonyl (C=S) groups is 1. The first-order valence-corrected chi connectivity index (χ1v) is 7.90. The van der Waals surface area contributed by atoms with Crippen LogP contribution in [0.4, 0.5) is 0 Å². The molecule has 0 aromatic rings. The highest BCUT2D eigenvalue weighted by molar-refractivity contribution is 8.23. The van der Waals surface area contributed by atoms with Crippen LogP contribution in [-0.4, -0.2) is 80.9 Å². The van der Waals surface area contributed by atoms with E-state index < -0.39 is 36.4 Å². The number of hydrogen-bond donors (Lipinski definition) is 4. The van der Waals surface area contributed by atoms with Gasteiger partial charge in [0.1, 0.15) is 28.1 Å². The zero-order valence-corrected chi connectivity index (χ0v) is 13.9. The summed E-state index contributed by atoms with van der Waals surface area (Å²) in [5.41, 5.74) is -0.689. The smallest absolute Gasteiger partial charge is 0.220 e. The number of nitrogens with zero attached hydrogens (tertiary/aromatic N) is 1. The lowest BCUT2D eigenvalue weighted by atomic mass is 9.98. The fourth-order valence-electron chi connectivity index (χ4n) is 1.83. The zero-order chi connectivity index (χ0) is 16.2. The molecule has 0 bridgehead atoms. The van der Waals surface area contributed by atoms with Crippen LogP contribution in [-0.2, 0) is 9.53 Å². The molecule has 0 spiro atoms. The Labute approximate surface area is 133 Å². The first-order chi connectivity index (χ1) is 9.81. The molecule has 1 aliphatic heterocycles. The third-order valence-electron chi connectivity index (χ3n) is 3.11. The predicted octanol–water partition coefficient (Wildman–Crippen LogP) is -1.10. The summed E-state index contributed by atoms with van der Waals surface area (Å²) in [5.74, 6) is -0.265. The first kappa shape index (κ1) is 18.6. The molecule has 9 heteroatoms. The van der Waals surface area contributed by atoms with Crippen molar-refractivity contribution in [3.05, 3.63) is 0 Å². The number of thioether (sulfide) groups is 1. The molecule has 0 saturated carbocycles. The van der Waals surface area contributed by atoms with E-state index >= 15 is 0 Å². The molecular formula is C12H22N2O5S2. The molecule has 1 heterocycles. The molecule has 0 radical (unpaired) electrons. The topological polar surface area (TPSA) is 102 Å². The van der Waals surface area contributed by atoms with Gasteiger partial charge in [-0.1, -0.05) is 30.9 Å². The molecule has 5 atom stereocenters. The van der Waals surface area contributed by atoms with Gasteiger partial charge in [0, 0.05) is 20.5 Å². The number of aliphatic hydroxyl groups excluding tert-OH is 3. The average molecular weight is 338 g/mol. The summed E-state index contributed by atoms with van der Waals surface area (Å²) >= 11 is 6.34. The Bertz CT molecular complexity index is 383. The van der Waals surface area contributed by atoms with E-state index in [-0.39, 0.29) is 12.3 Å². The van der Waals surface area contributed by atoms with E-state index in [1.807, 2.05) is 0 Å². The fraction of sp³-hybridized carbons (Fsp3) is 0.833. The molecule has 1 amide bonds. The molecule has 122 valence electrons. The monoisotopic (exact) mass is 338 g/mol. The Morgan fingerprint density at radius 1 is 1.38 bits per heavy atom. The van der Waals surface area contributed by atoms with Crippen molar-refractivity contribution in [2.45, 2.75) is 43.1 Å². The summed E-state index contributed by atoms with van der Waals surface area (Å²) in [6, 6.07) is -0.807. The van der Waals surface area contributed by atoms with E-state index in [1.54, 1.807) is 25.9 Å². The number of rotatable bonds is 4. The number of carbonyl (C=O) groups excluding carboxylic acids is 1. The summed E-state index contributed by atoms with van der Waals surface area (Å²) in [5, 5.41) is 31.9. The van der Waals surface area contributed by atoms with Crippen molar-refractivity contribution in [3.8, 4) is 0 Å². The number of hydrogen-bond acceptors (Lipinski definition) is 7. The van der Waals surface area contributed by atoms with Gasteiger partial charge in [-0.3, -0.25) is 4.79 Å². The van der Waals surface area contributed by atoms with E-state index in [9.17, 15) is 20.1 Å². The van der Waals surface area contributed by atoms with E-state index in [0.29, 0.717) is 4.32 Å². The zero-order valence-electron chi connectivity index (χ0n) is 12.2. The largest absolute Gasteiger partial charge is 0.394 e. The molecule has 1 fully saturated rings. The van der Waals surface area contributed by atoms with Crippen LogP contribution in [0.3, 0.4) is 0 Å². The van der Waals surface area contributed by atoms with Gasteiger partial charge < -0.3 is 30.3 Å². The van der Waals surface area contributed by atoms with Gasteiger partial charge in [-0.15, -0.1) is 0 Å². The van der Waals surface area contributed by atoms with Crippen LogP contribution >= 0.6 is 24.0 Å². The highest BCUT2D eigenvalue weighted by Gasteiger charge is 2.45.